The first-order valence-electron chi connectivity index (χ1n) is 12.3. The summed E-state index contributed by atoms with van der Waals surface area (Å²) >= 11 is 1.41. The lowest BCUT2D eigenvalue weighted by molar-refractivity contribution is -0.137. The van der Waals surface area contributed by atoms with Crippen molar-refractivity contribution in [2.45, 2.75) is 57.1 Å². The Balaban J connectivity index is 1.38. The van der Waals surface area contributed by atoms with E-state index in [-0.39, 0.29) is 12.0 Å². The van der Waals surface area contributed by atoms with Crippen LogP contribution >= 0.6 is 11.3 Å². The topological polar surface area (TPSA) is 98.6 Å². The van der Waals surface area contributed by atoms with E-state index in [0.29, 0.717) is 10.6 Å². The summed E-state index contributed by atoms with van der Waals surface area (Å²) in [6.07, 6.45) is 4.61. The summed E-state index contributed by atoms with van der Waals surface area (Å²) < 4.78 is 14.8. The van der Waals surface area contributed by atoms with E-state index in [1.54, 1.807) is 20.2 Å². The van der Waals surface area contributed by atoms with Crippen LogP contribution in [-0.2, 0) is 24.1 Å². The number of thiazole rings is 1. The van der Waals surface area contributed by atoms with Crippen molar-refractivity contribution in [2.75, 3.05) is 26.0 Å². The molecule has 3 aromatic rings. The Morgan fingerprint density at radius 2 is 1.94 bits per heavy atom. The number of hydrogen-bond acceptors (Lipinski definition) is 7. The minimum Gasteiger partial charge on any atom is -0.481 e. The van der Waals surface area contributed by atoms with Crippen molar-refractivity contribution in [3.63, 3.8) is 0 Å². The van der Waals surface area contributed by atoms with Crippen molar-refractivity contribution in [3.8, 4) is 0 Å². The maximum absolute atomic E-state index is 14.8. The molecule has 7 nitrogen and oxygen atoms in total. The molecule has 0 aliphatic carbocycles. The second-order valence-electron chi connectivity index (χ2n) is 9.49. The number of hydrogen-bond donors (Lipinski definition) is 3. The molecule has 9 heteroatoms. The van der Waals surface area contributed by atoms with Gasteiger partial charge >= 0.3 is 5.97 Å². The van der Waals surface area contributed by atoms with Gasteiger partial charge in [0.25, 0.3) is 0 Å². The zero-order chi connectivity index (χ0) is 25.7. The quantitative estimate of drug-likeness (QED) is 0.252. The number of fused-ring (bicyclic) bond motifs is 1. The zero-order valence-electron chi connectivity index (χ0n) is 20.7. The number of aliphatic hydroxyl groups is 1. The number of pyridine rings is 1. The second kappa shape index (κ2) is 11.9. The lowest BCUT2D eigenvalue weighted by Crippen LogP contribution is -2.20. The van der Waals surface area contributed by atoms with Gasteiger partial charge in [-0.05, 0) is 75.9 Å². The third-order valence-electron chi connectivity index (χ3n) is 6.51. The third-order valence-corrected chi connectivity index (χ3v) is 7.52. The van der Waals surface area contributed by atoms with E-state index in [0.717, 1.165) is 62.3 Å². The minimum absolute atomic E-state index is 0.154. The fraction of sp³-hybridized carbons (Fsp3) is 0.444. The summed E-state index contributed by atoms with van der Waals surface area (Å²) in [7, 11) is 3.31. The van der Waals surface area contributed by atoms with E-state index in [1.807, 2.05) is 5.38 Å². The Hall–Kier alpha value is -2.88. The first-order chi connectivity index (χ1) is 17.3. The van der Waals surface area contributed by atoms with Gasteiger partial charge in [0, 0.05) is 29.1 Å². The number of aliphatic carboxylic acids is 1. The number of carboxylic acids is 1. The van der Waals surface area contributed by atoms with Crippen LogP contribution in [0.2, 0.25) is 0 Å². The molecule has 0 saturated carbocycles. The molecular weight excluding hydrogens is 479 g/mol. The predicted octanol–water partition coefficient (Wildman–Crippen LogP) is 4.76. The molecule has 0 fully saturated rings. The maximum Gasteiger partial charge on any atom is 0.304 e. The molecule has 1 aliphatic rings. The smallest absolute Gasteiger partial charge is 0.304 e. The molecule has 2 aromatic heterocycles. The van der Waals surface area contributed by atoms with Crippen LogP contribution in [0, 0.1) is 5.82 Å². The van der Waals surface area contributed by atoms with Gasteiger partial charge in [0.15, 0.2) is 0 Å². The number of aliphatic hydroxyl groups excluding tert-OH is 1. The van der Waals surface area contributed by atoms with E-state index in [1.165, 1.54) is 33.9 Å². The summed E-state index contributed by atoms with van der Waals surface area (Å²) in [5.41, 5.74) is 4.00. The first kappa shape index (κ1) is 26.2. The fourth-order valence-electron chi connectivity index (χ4n) is 4.49. The highest BCUT2D eigenvalue weighted by atomic mass is 32.1. The number of rotatable bonds is 11. The molecule has 0 bridgehead atoms. The van der Waals surface area contributed by atoms with Crippen LogP contribution in [0.5, 0.6) is 0 Å². The van der Waals surface area contributed by atoms with Gasteiger partial charge in [0.05, 0.1) is 12.1 Å². The van der Waals surface area contributed by atoms with E-state index >= 15 is 0 Å². The average Bonchev–Trinajstić information content (AvgIpc) is 3.33. The molecule has 0 spiro atoms. The van der Waals surface area contributed by atoms with E-state index in [9.17, 15) is 19.4 Å². The van der Waals surface area contributed by atoms with E-state index < -0.39 is 23.9 Å². The average molecular weight is 513 g/mol. The molecule has 2 atom stereocenters. The molecule has 36 heavy (non-hydrogen) atoms. The van der Waals surface area contributed by atoms with Gasteiger partial charge in [-0.1, -0.05) is 18.2 Å². The lowest BCUT2D eigenvalue weighted by atomic mass is 9.94. The summed E-state index contributed by atoms with van der Waals surface area (Å²) in [4.78, 5) is 22.5. The molecule has 3 N–H and O–H groups in total. The van der Waals surface area contributed by atoms with Gasteiger partial charge in [-0.2, -0.15) is 0 Å². The number of halogens is 1. The minimum atomic E-state index is -1.07. The van der Waals surface area contributed by atoms with Gasteiger partial charge < -0.3 is 15.5 Å². The molecule has 1 aliphatic heterocycles. The summed E-state index contributed by atoms with van der Waals surface area (Å²) in [5.74, 6) is -1.06. The van der Waals surface area contributed by atoms with Crippen LogP contribution in [0.4, 0.5) is 10.2 Å². The van der Waals surface area contributed by atoms with E-state index in [4.69, 9.17) is 9.97 Å². The van der Waals surface area contributed by atoms with E-state index in [2.05, 4.69) is 17.4 Å². The summed E-state index contributed by atoms with van der Waals surface area (Å²) in [5, 5.41) is 25.7. The molecule has 192 valence electrons. The van der Waals surface area contributed by atoms with Crippen LogP contribution < -0.4 is 5.32 Å². The molecule has 4 rings (SSSR count). The third kappa shape index (κ3) is 6.46. The van der Waals surface area contributed by atoms with Gasteiger partial charge in [0.1, 0.15) is 22.9 Å². The molecule has 0 radical (unpaired) electrons. The van der Waals surface area contributed by atoms with Crippen LogP contribution in [0.25, 0.3) is 0 Å². The van der Waals surface area contributed by atoms with Gasteiger partial charge in [-0.15, -0.1) is 11.3 Å². The number of anilines is 1. The number of carbonyl (C=O) groups is 1. The van der Waals surface area contributed by atoms with Crippen molar-refractivity contribution >= 4 is 23.1 Å². The summed E-state index contributed by atoms with van der Waals surface area (Å²) in [6, 6.07) is 8.81. The standard InChI is InChI=1S/C27H33FN4O3S/c1-32(2)27(35)21-12-10-18(14-23(21)28)22(15-24(33)34)26-31-20(16-36-26)8-4-3-7-19-11-9-17-6-5-13-29-25(17)30-19/h9-12,14,16,22,27,35H,3-8,13,15H2,1-2H3,(H,29,30)(H,33,34). The Labute approximate surface area is 215 Å². The van der Waals surface area contributed by atoms with Crippen molar-refractivity contribution in [3.05, 3.63) is 74.6 Å². The SMILES string of the molecule is CN(C)C(O)c1ccc(C(CC(=O)O)c2nc(CCCCc3ccc4c(n3)NCCC4)cs2)cc1F. The second-order valence-corrected chi connectivity index (χ2v) is 10.4. The maximum atomic E-state index is 14.8. The largest absolute Gasteiger partial charge is 0.481 e. The van der Waals surface area contributed by atoms with Crippen LogP contribution in [0.15, 0.2) is 35.7 Å². The molecule has 0 amide bonds. The Kier molecular flexibility index (Phi) is 8.66. The highest BCUT2D eigenvalue weighted by molar-refractivity contribution is 7.09. The number of carboxylic acid groups (broad SMARTS) is 1. The fourth-order valence-corrected chi connectivity index (χ4v) is 5.47. The van der Waals surface area contributed by atoms with Crippen LogP contribution in [0.1, 0.15) is 70.9 Å². The van der Waals surface area contributed by atoms with Crippen molar-refractivity contribution in [2.24, 2.45) is 0 Å². The number of aryl methyl sites for hydroxylation is 3. The van der Waals surface area contributed by atoms with Crippen molar-refractivity contribution < 1.29 is 19.4 Å². The van der Waals surface area contributed by atoms with Crippen LogP contribution in [-0.4, -0.2) is 51.7 Å². The Morgan fingerprint density at radius 3 is 2.67 bits per heavy atom. The number of unbranched alkanes of at least 4 members (excludes halogenated alkanes) is 1. The highest BCUT2D eigenvalue weighted by Crippen LogP contribution is 2.33. The number of benzene rings is 1. The molecule has 0 saturated heterocycles. The zero-order valence-corrected chi connectivity index (χ0v) is 21.5. The number of nitrogens with zero attached hydrogens (tertiary/aromatic N) is 3. The van der Waals surface area contributed by atoms with Crippen molar-refractivity contribution in [1.29, 1.82) is 0 Å². The van der Waals surface area contributed by atoms with Crippen molar-refractivity contribution in [1.82, 2.24) is 14.9 Å². The molecule has 3 heterocycles. The lowest BCUT2D eigenvalue weighted by Gasteiger charge is -2.20. The predicted molar refractivity (Wildman–Crippen MR) is 139 cm³/mol. The molecule has 1 aromatic carbocycles. The number of nitrogens with one attached hydrogen (secondary N) is 1. The molecular formula is C27H33FN4O3S. The van der Waals surface area contributed by atoms with Gasteiger partial charge in [-0.25, -0.2) is 14.4 Å². The first-order valence-corrected chi connectivity index (χ1v) is 13.2. The summed E-state index contributed by atoms with van der Waals surface area (Å²) in [6.45, 7) is 0.979. The Morgan fingerprint density at radius 1 is 1.17 bits per heavy atom. The number of aromatic nitrogens is 2. The normalized spacial score (nSPS) is 14.8. The van der Waals surface area contributed by atoms with Gasteiger partial charge in [0.2, 0.25) is 0 Å². The monoisotopic (exact) mass is 512 g/mol. The van der Waals surface area contributed by atoms with Gasteiger partial charge in [-0.3, -0.25) is 9.69 Å². The Bertz CT molecular complexity index is 1200. The van der Waals surface area contributed by atoms with Crippen LogP contribution in [0.3, 0.4) is 0 Å². The highest BCUT2D eigenvalue weighted by Gasteiger charge is 2.24. The molecule has 2 unspecified atom stereocenters.